The van der Waals surface area contributed by atoms with Gasteiger partial charge in [0.15, 0.2) is 5.82 Å². The molecule has 1 saturated heterocycles. The Morgan fingerprint density at radius 2 is 1.73 bits per heavy atom. The number of carbonyl (C=O) groups is 1. The Morgan fingerprint density at radius 3 is 2.50 bits per heavy atom. The molecule has 1 amide bonds. The van der Waals surface area contributed by atoms with Crippen LogP contribution in [0.15, 0.2) is 48.5 Å². The number of hydrogen-bond donors (Lipinski definition) is 2. The van der Waals surface area contributed by atoms with E-state index in [2.05, 4.69) is 32.5 Å². The molecule has 0 atom stereocenters. The minimum Gasteiger partial charge on any atom is -0.352 e. The van der Waals surface area contributed by atoms with E-state index in [-0.39, 0.29) is 5.91 Å². The molecular formula is C23H22N6O. The maximum absolute atomic E-state index is 12.9. The maximum Gasteiger partial charge on any atom is 0.253 e. The fourth-order valence-corrected chi connectivity index (χ4v) is 4.09. The third kappa shape index (κ3) is 3.42. The molecule has 1 aromatic heterocycles. The van der Waals surface area contributed by atoms with Gasteiger partial charge in [-0.05, 0) is 41.0 Å². The molecule has 0 saturated carbocycles. The molecular weight excluding hydrogens is 376 g/mol. The molecule has 7 nitrogen and oxygen atoms in total. The SMILES string of the molecule is N#Cc1ccc(-c2cc(N3CCN(C(=O)c4ccc5c(c4)CNC5)CC3)n[nH]2)cc1. The summed E-state index contributed by atoms with van der Waals surface area (Å²) >= 11 is 0. The lowest BCUT2D eigenvalue weighted by Gasteiger charge is -2.34. The second-order valence-corrected chi connectivity index (χ2v) is 7.70. The van der Waals surface area contributed by atoms with Crippen molar-refractivity contribution in [3.8, 4) is 17.3 Å². The minimum atomic E-state index is 0.102. The van der Waals surface area contributed by atoms with Crippen LogP contribution < -0.4 is 10.2 Å². The summed E-state index contributed by atoms with van der Waals surface area (Å²) in [6, 6.07) is 17.6. The first-order valence-electron chi connectivity index (χ1n) is 10.1. The van der Waals surface area contributed by atoms with Crippen LogP contribution in [0.4, 0.5) is 5.82 Å². The monoisotopic (exact) mass is 398 g/mol. The quantitative estimate of drug-likeness (QED) is 0.708. The second-order valence-electron chi connectivity index (χ2n) is 7.70. The first-order chi connectivity index (χ1) is 14.7. The number of nitriles is 1. The van der Waals surface area contributed by atoms with Gasteiger partial charge < -0.3 is 15.1 Å². The summed E-state index contributed by atoms with van der Waals surface area (Å²) in [6.07, 6.45) is 0. The number of nitrogens with zero attached hydrogens (tertiary/aromatic N) is 4. The highest BCUT2D eigenvalue weighted by molar-refractivity contribution is 5.94. The zero-order chi connectivity index (χ0) is 20.5. The van der Waals surface area contributed by atoms with Crippen molar-refractivity contribution in [2.45, 2.75) is 13.1 Å². The van der Waals surface area contributed by atoms with E-state index in [0.717, 1.165) is 48.8 Å². The summed E-state index contributed by atoms with van der Waals surface area (Å²) in [6.45, 7) is 4.56. The van der Waals surface area contributed by atoms with Crippen LogP contribution in [0.3, 0.4) is 0 Å². The van der Waals surface area contributed by atoms with E-state index in [0.29, 0.717) is 18.7 Å². The Morgan fingerprint density at radius 1 is 0.967 bits per heavy atom. The van der Waals surface area contributed by atoms with Gasteiger partial charge in [0.25, 0.3) is 5.91 Å². The van der Waals surface area contributed by atoms with Gasteiger partial charge in [0.05, 0.1) is 17.3 Å². The van der Waals surface area contributed by atoms with E-state index in [4.69, 9.17) is 5.26 Å². The van der Waals surface area contributed by atoms with Crippen LogP contribution >= 0.6 is 0 Å². The maximum atomic E-state index is 12.9. The Balaban J connectivity index is 1.23. The van der Waals surface area contributed by atoms with Gasteiger partial charge in [-0.25, -0.2) is 0 Å². The smallest absolute Gasteiger partial charge is 0.253 e. The number of aromatic nitrogens is 2. The molecule has 0 unspecified atom stereocenters. The molecule has 3 heterocycles. The molecule has 0 spiro atoms. The van der Waals surface area contributed by atoms with Crippen molar-refractivity contribution in [2.75, 3.05) is 31.1 Å². The zero-order valence-electron chi connectivity index (χ0n) is 16.6. The Labute approximate surface area is 174 Å². The number of amides is 1. The largest absolute Gasteiger partial charge is 0.352 e. The number of anilines is 1. The summed E-state index contributed by atoms with van der Waals surface area (Å²) in [5, 5.41) is 19.8. The fourth-order valence-electron chi connectivity index (χ4n) is 4.09. The van der Waals surface area contributed by atoms with Crippen molar-refractivity contribution in [1.82, 2.24) is 20.4 Å². The first kappa shape index (κ1) is 18.4. The van der Waals surface area contributed by atoms with Crippen LogP contribution in [0.25, 0.3) is 11.3 Å². The Kier molecular flexibility index (Phi) is 4.69. The summed E-state index contributed by atoms with van der Waals surface area (Å²) < 4.78 is 0. The van der Waals surface area contributed by atoms with E-state index in [1.54, 1.807) is 12.1 Å². The van der Waals surface area contributed by atoms with Crippen molar-refractivity contribution in [1.29, 1.82) is 5.26 Å². The Hall–Kier alpha value is -3.63. The number of aromatic amines is 1. The molecule has 7 heteroatoms. The zero-order valence-corrected chi connectivity index (χ0v) is 16.6. The summed E-state index contributed by atoms with van der Waals surface area (Å²) in [7, 11) is 0. The number of nitrogens with one attached hydrogen (secondary N) is 2. The fraction of sp³-hybridized carbons (Fsp3) is 0.261. The lowest BCUT2D eigenvalue weighted by molar-refractivity contribution is 0.0746. The van der Waals surface area contributed by atoms with Crippen LogP contribution in [0.5, 0.6) is 0 Å². The van der Waals surface area contributed by atoms with Gasteiger partial charge in [-0.3, -0.25) is 9.89 Å². The average molecular weight is 398 g/mol. The predicted molar refractivity (Wildman–Crippen MR) is 114 cm³/mol. The van der Waals surface area contributed by atoms with Gasteiger partial charge >= 0.3 is 0 Å². The van der Waals surface area contributed by atoms with E-state index >= 15 is 0 Å². The van der Waals surface area contributed by atoms with Crippen molar-refractivity contribution >= 4 is 11.7 Å². The lowest BCUT2D eigenvalue weighted by atomic mass is 10.1. The first-order valence-corrected chi connectivity index (χ1v) is 10.1. The molecule has 0 radical (unpaired) electrons. The number of benzene rings is 2. The number of carbonyl (C=O) groups excluding carboxylic acids is 1. The highest BCUT2D eigenvalue weighted by Crippen LogP contribution is 2.24. The summed E-state index contributed by atoms with van der Waals surface area (Å²) in [5.74, 6) is 0.981. The van der Waals surface area contributed by atoms with E-state index in [9.17, 15) is 4.79 Å². The predicted octanol–water partition coefficient (Wildman–Crippen LogP) is 2.51. The van der Waals surface area contributed by atoms with Crippen LogP contribution in [-0.4, -0.2) is 47.2 Å². The molecule has 2 aliphatic heterocycles. The third-order valence-electron chi connectivity index (χ3n) is 5.86. The topological polar surface area (TPSA) is 88.1 Å². The summed E-state index contributed by atoms with van der Waals surface area (Å²) in [5.41, 5.74) is 5.83. The molecule has 2 N–H and O–H groups in total. The highest BCUT2D eigenvalue weighted by atomic mass is 16.2. The van der Waals surface area contributed by atoms with Crippen molar-refractivity contribution in [3.63, 3.8) is 0 Å². The number of rotatable bonds is 3. The van der Waals surface area contributed by atoms with Crippen LogP contribution in [0.2, 0.25) is 0 Å². The molecule has 2 aromatic carbocycles. The van der Waals surface area contributed by atoms with E-state index in [1.165, 1.54) is 11.1 Å². The van der Waals surface area contributed by atoms with Gasteiger partial charge in [-0.1, -0.05) is 18.2 Å². The Bertz CT molecular complexity index is 1120. The van der Waals surface area contributed by atoms with Gasteiger partial charge in [0.1, 0.15) is 0 Å². The second kappa shape index (κ2) is 7.65. The highest BCUT2D eigenvalue weighted by Gasteiger charge is 2.24. The third-order valence-corrected chi connectivity index (χ3v) is 5.86. The average Bonchev–Trinajstić information content (AvgIpc) is 3.48. The molecule has 2 aliphatic rings. The number of piperazine rings is 1. The molecule has 0 bridgehead atoms. The van der Waals surface area contributed by atoms with Crippen LogP contribution in [-0.2, 0) is 13.1 Å². The number of H-pyrrole nitrogens is 1. The molecule has 1 fully saturated rings. The molecule has 5 rings (SSSR count). The van der Waals surface area contributed by atoms with Crippen molar-refractivity contribution < 1.29 is 4.79 Å². The number of hydrogen-bond acceptors (Lipinski definition) is 5. The molecule has 150 valence electrons. The standard InChI is InChI=1S/C23H22N6O/c24-13-16-1-3-17(4-2-16)21-12-22(27-26-21)28-7-9-29(10-8-28)23(30)18-5-6-19-14-25-15-20(19)11-18/h1-6,11-12,25H,7-10,14-15H2,(H,26,27). The lowest BCUT2D eigenvalue weighted by Crippen LogP contribution is -2.49. The van der Waals surface area contributed by atoms with Gasteiger partial charge in [0.2, 0.25) is 0 Å². The van der Waals surface area contributed by atoms with Gasteiger partial charge in [-0.2, -0.15) is 10.4 Å². The normalized spacial score (nSPS) is 15.7. The van der Waals surface area contributed by atoms with Gasteiger partial charge in [-0.15, -0.1) is 0 Å². The molecule has 0 aliphatic carbocycles. The van der Waals surface area contributed by atoms with Crippen LogP contribution in [0, 0.1) is 11.3 Å². The molecule has 3 aromatic rings. The molecule has 30 heavy (non-hydrogen) atoms. The van der Waals surface area contributed by atoms with Crippen molar-refractivity contribution in [3.05, 3.63) is 70.8 Å². The van der Waals surface area contributed by atoms with E-state index in [1.807, 2.05) is 35.2 Å². The van der Waals surface area contributed by atoms with E-state index < -0.39 is 0 Å². The van der Waals surface area contributed by atoms with Gasteiger partial charge in [0, 0.05) is 50.9 Å². The minimum absolute atomic E-state index is 0.102. The van der Waals surface area contributed by atoms with Crippen LogP contribution in [0.1, 0.15) is 27.0 Å². The van der Waals surface area contributed by atoms with Crippen molar-refractivity contribution in [2.24, 2.45) is 0 Å². The number of fused-ring (bicyclic) bond motifs is 1. The summed E-state index contributed by atoms with van der Waals surface area (Å²) in [4.78, 5) is 17.0.